The van der Waals surface area contributed by atoms with E-state index in [-0.39, 0.29) is 13.1 Å². The van der Waals surface area contributed by atoms with Crippen LogP contribution in [0.2, 0.25) is 0 Å². The van der Waals surface area contributed by atoms with Gasteiger partial charge in [0, 0.05) is 27.2 Å². The van der Waals surface area contributed by atoms with Crippen LogP contribution in [0.5, 0.6) is 23.0 Å². The Morgan fingerprint density at radius 2 is 0.854 bits per heavy atom. The van der Waals surface area contributed by atoms with Crippen molar-refractivity contribution < 1.29 is 38.9 Å². The van der Waals surface area contributed by atoms with Gasteiger partial charge in [-0.3, -0.25) is 9.59 Å². The Hall–Kier alpha value is -6.04. The number of carboxylic acids is 2. The molecule has 0 bridgehead atoms. The van der Waals surface area contributed by atoms with Crippen LogP contribution in [0.25, 0.3) is 0 Å². The highest BCUT2D eigenvalue weighted by Gasteiger charge is 2.62. The number of rotatable bonds is 12. The SMILES string of the molecule is CN(C(=O)NCc1ccc(Oc2ccccc2)cc1)[C@H]1[C@@H](C(=O)O)[C@H](C(=O)O)[C@@H]1N(C)C(=O)NCc1ccc(Oc2ccccc2)cc1. The number of likely N-dealkylation sites (N-methyl/N-ethyl adjacent to an activating group) is 2. The van der Waals surface area contributed by atoms with E-state index >= 15 is 0 Å². The van der Waals surface area contributed by atoms with Crippen molar-refractivity contribution in [3.05, 3.63) is 120 Å². The summed E-state index contributed by atoms with van der Waals surface area (Å²) in [5.41, 5.74) is 1.52. The van der Waals surface area contributed by atoms with E-state index in [2.05, 4.69) is 10.6 Å². The van der Waals surface area contributed by atoms with Gasteiger partial charge in [0.25, 0.3) is 0 Å². The number of hydrogen-bond donors (Lipinski definition) is 4. The fourth-order valence-electron chi connectivity index (χ4n) is 5.72. The van der Waals surface area contributed by atoms with Crippen molar-refractivity contribution in [1.82, 2.24) is 20.4 Å². The minimum Gasteiger partial charge on any atom is -0.481 e. The highest BCUT2D eigenvalue weighted by molar-refractivity contribution is 5.87. The molecule has 1 aliphatic carbocycles. The minimum atomic E-state index is -1.43. The molecule has 4 aromatic carbocycles. The van der Waals surface area contributed by atoms with Crippen LogP contribution in [0.1, 0.15) is 11.1 Å². The summed E-state index contributed by atoms with van der Waals surface area (Å²) in [7, 11) is 2.78. The third kappa shape index (κ3) is 7.84. The Bertz CT molecular complexity index is 1590. The highest BCUT2D eigenvalue weighted by Crippen LogP contribution is 2.42. The van der Waals surface area contributed by atoms with E-state index in [9.17, 15) is 29.4 Å². The smallest absolute Gasteiger partial charge is 0.317 e. The molecule has 0 saturated heterocycles. The van der Waals surface area contributed by atoms with Gasteiger partial charge in [0.1, 0.15) is 23.0 Å². The van der Waals surface area contributed by atoms with Crippen molar-refractivity contribution in [1.29, 1.82) is 0 Å². The number of urea groups is 2. The maximum atomic E-state index is 13.2. The lowest BCUT2D eigenvalue weighted by Gasteiger charge is -2.54. The summed E-state index contributed by atoms with van der Waals surface area (Å²) in [6.07, 6.45) is 0. The van der Waals surface area contributed by atoms with Gasteiger partial charge in [0.2, 0.25) is 0 Å². The topological polar surface area (TPSA) is 158 Å². The van der Waals surface area contributed by atoms with Crippen LogP contribution < -0.4 is 20.1 Å². The molecule has 0 radical (unpaired) electrons. The van der Waals surface area contributed by atoms with Crippen molar-refractivity contribution in [2.24, 2.45) is 11.8 Å². The molecule has 4 N–H and O–H groups in total. The zero-order chi connectivity index (χ0) is 34.2. The van der Waals surface area contributed by atoms with Crippen LogP contribution in [0.15, 0.2) is 109 Å². The first-order chi connectivity index (χ1) is 23.1. The van der Waals surface area contributed by atoms with Crippen LogP contribution in [-0.2, 0) is 22.7 Å². The Labute approximate surface area is 277 Å². The summed E-state index contributed by atoms with van der Waals surface area (Å²) in [4.78, 5) is 53.2. The summed E-state index contributed by atoms with van der Waals surface area (Å²) < 4.78 is 11.6. The molecule has 0 aromatic heterocycles. The zero-order valence-electron chi connectivity index (χ0n) is 26.4. The number of nitrogens with zero attached hydrogens (tertiary/aromatic N) is 2. The van der Waals surface area contributed by atoms with Crippen LogP contribution in [-0.4, -0.2) is 70.2 Å². The molecule has 4 atom stereocenters. The molecular weight excluding hydrogens is 616 g/mol. The average Bonchev–Trinajstić information content (AvgIpc) is 3.07. The first-order valence-corrected chi connectivity index (χ1v) is 15.2. The molecule has 48 heavy (non-hydrogen) atoms. The van der Waals surface area contributed by atoms with E-state index < -0.39 is 47.9 Å². The van der Waals surface area contributed by atoms with Gasteiger partial charge >= 0.3 is 24.0 Å². The number of benzene rings is 4. The molecule has 4 aromatic rings. The predicted octanol–water partition coefficient (Wildman–Crippen LogP) is 5.41. The third-order valence-corrected chi connectivity index (χ3v) is 8.27. The van der Waals surface area contributed by atoms with E-state index in [0.717, 1.165) is 20.9 Å². The van der Waals surface area contributed by atoms with Crippen molar-refractivity contribution in [3.63, 3.8) is 0 Å². The Balaban J connectivity index is 1.19. The van der Waals surface area contributed by atoms with Gasteiger partial charge in [-0.05, 0) is 59.7 Å². The number of amides is 4. The lowest BCUT2D eigenvalue weighted by atomic mass is 9.63. The summed E-state index contributed by atoms with van der Waals surface area (Å²) in [5.74, 6) is -2.99. The van der Waals surface area contributed by atoms with Gasteiger partial charge in [-0.1, -0.05) is 60.7 Å². The van der Waals surface area contributed by atoms with Gasteiger partial charge in [-0.25, -0.2) is 9.59 Å². The summed E-state index contributed by atoms with van der Waals surface area (Å²) >= 11 is 0. The standard InChI is InChI=1S/C36H36N4O8/c1-39(35(45)37-21-23-13-17-27(18-14-23)47-25-9-5-3-6-10-25)31-29(33(41)42)30(34(43)44)32(31)40(2)36(46)38-22-24-15-19-28(20-16-24)48-26-11-7-4-8-12-26/h3-20,29-32H,21-22H2,1-2H3,(H,37,45)(H,38,46)(H,41,42)(H,43,44)/t29-,30-,31-,32-/m0/s1. The second kappa shape index (κ2) is 15.0. The molecule has 4 amide bonds. The fraction of sp³-hybridized carbons (Fsp3) is 0.222. The van der Waals surface area contributed by atoms with Gasteiger partial charge in [-0.2, -0.15) is 0 Å². The summed E-state index contributed by atoms with van der Waals surface area (Å²) in [6.45, 7) is 0.246. The van der Waals surface area contributed by atoms with Crippen molar-refractivity contribution in [2.45, 2.75) is 25.2 Å². The second-order valence-electron chi connectivity index (χ2n) is 11.4. The molecule has 1 aliphatic rings. The van der Waals surface area contributed by atoms with Crippen molar-refractivity contribution in [2.75, 3.05) is 14.1 Å². The summed E-state index contributed by atoms with van der Waals surface area (Å²) in [6, 6.07) is 29.3. The molecule has 12 heteroatoms. The number of hydrogen-bond acceptors (Lipinski definition) is 6. The molecule has 0 heterocycles. The fourth-order valence-corrected chi connectivity index (χ4v) is 5.72. The van der Waals surface area contributed by atoms with Crippen molar-refractivity contribution >= 4 is 24.0 Å². The molecule has 5 rings (SSSR count). The maximum Gasteiger partial charge on any atom is 0.317 e. The van der Waals surface area contributed by atoms with Gasteiger partial charge in [-0.15, -0.1) is 0 Å². The molecule has 0 unspecified atom stereocenters. The Morgan fingerprint density at radius 3 is 1.17 bits per heavy atom. The lowest BCUT2D eigenvalue weighted by Crippen LogP contribution is -2.74. The lowest BCUT2D eigenvalue weighted by molar-refractivity contribution is -0.174. The molecule has 12 nitrogen and oxygen atoms in total. The Kier molecular flexibility index (Phi) is 10.4. The Morgan fingerprint density at radius 1 is 0.542 bits per heavy atom. The normalized spacial score (nSPS) is 18.0. The molecule has 0 spiro atoms. The molecule has 1 saturated carbocycles. The average molecular weight is 653 g/mol. The zero-order valence-corrected chi connectivity index (χ0v) is 26.4. The molecule has 1 fully saturated rings. The monoisotopic (exact) mass is 652 g/mol. The van der Waals surface area contributed by atoms with E-state index in [0.29, 0.717) is 23.0 Å². The number of nitrogens with one attached hydrogen (secondary N) is 2. The first kappa shape index (κ1) is 33.3. The van der Waals surface area contributed by atoms with Gasteiger partial charge in [0.05, 0.1) is 23.9 Å². The van der Waals surface area contributed by atoms with E-state index in [1.807, 2.05) is 60.7 Å². The maximum absolute atomic E-state index is 13.2. The second-order valence-corrected chi connectivity index (χ2v) is 11.4. The quantitative estimate of drug-likeness (QED) is 0.158. The van der Waals surface area contributed by atoms with Crippen LogP contribution in [0.4, 0.5) is 9.59 Å². The molecule has 248 valence electrons. The van der Waals surface area contributed by atoms with E-state index in [4.69, 9.17) is 9.47 Å². The number of aliphatic carboxylic acids is 2. The third-order valence-electron chi connectivity index (χ3n) is 8.27. The van der Waals surface area contributed by atoms with Crippen molar-refractivity contribution in [3.8, 4) is 23.0 Å². The molecule has 0 aliphatic heterocycles. The van der Waals surface area contributed by atoms with Gasteiger partial charge in [0.15, 0.2) is 0 Å². The van der Waals surface area contributed by atoms with Gasteiger partial charge < -0.3 is 40.1 Å². The summed E-state index contributed by atoms with van der Waals surface area (Å²) in [5, 5.41) is 25.4. The number of carbonyl (C=O) groups is 4. The van der Waals surface area contributed by atoms with Crippen LogP contribution >= 0.6 is 0 Å². The van der Waals surface area contributed by atoms with Crippen LogP contribution in [0.3, 0.4) is 0 Å². The largest absolute Gasteiger partial charge is 0.481 e. The number of carbonyl (C=O) groups excluding carboxylic acids is 2. The van der Waals surface area contributed by atoms with Crippen LogP contribution in [0, 0.1) is 11.8 Å². The number of para-hydroxylation sites is 2. The number of carboxylic acid groups (broad SMARTS) is 2. The van der Waals surface area contributed by atoms with E-state index in [1.165, 1.54) is 14.1 Å². The highest BCUT2D eigenvalue weighted by atomic mass is 16.5. The molecular formula is C36H36N4O8. The number of ether oxygens (including phenoxy) is 2. The predicted molar refractivity (Wildman–Crippen MR) is 176 cm³/mol. The first-order valence-electron chi connectivity index (χ1n) is 15.2. The van der Waals surface area contributed by atoms with E-state index in [1.54, 1.807) is 48.5 Å². The minimum absolute atomic E-state index is 0.123.